The lowest BCUT2D eigenvalue weighted by Crippen LogP contribution is -2.18. The molecule has 0 spiro atoms. The van der Waals surface area contributed by atoms with Crippen molar-refractivity contribution in [1.82, 2.24) is 9.97 Å². The van der Waals surface area contributed by atoms with Gasteiger partial charge in [-0.2, -0.15) is 16.3 Å². The highest BCUT2D eigenvalue weighted by atomic mass is 32.1. The maximum absolute atomic E-state index is 4.45. The van der Waals surface area contributed by atoms with Gasteiger partial charge in [-0.25, -0.2) is 4.98 Å². The van der Waals surface area contributed by atoms with E-state index in [4.69, 9.17) is 0 Å². The highest BCUT2D eigenvalue weighted by Gasteiger charge is 2.05. The Balaban J connectivity index is 2.07. The first-order chi connectivity index (χ1) is 8.29. The molecule has 2 heterocycles. The van der Waals surface area contributed by atoms with Gasteiger partial charge >= 0.3 is 0 Å². The lowest BCUT2D eigenvalue weighted by molar-refractivity contribution is 0.893. The fourth-order valence-corrected chi connectivity index (χ4v) is 2.20. The molecular formula is C12H16N4S. The molecule has 2 aromatic heterocycles. The molecule has 2 rings (SSSR count). The molecule has 0 atom stereocenters. The third-order valence-corrected chi connectivity index (χ3v) is 3.10. The van der Waals surface area contributed by atoms with Gasteiger partial charge in [-0.1, -0.05) is 0 Å². The van der Waals surface area contributed by atoms with E-state index in [1.165, 1.54) is 5.56 Å². The van der Waals surface area contributed by atoms with Crippen molar-refractivity contribution in [2.75, 3.05) is 23.8 Å². The van der Waals surface area contributed by atoms with E-state index < -0.39 is 0 Å². The van der Waals surface area contributed by atoms with Crippen LogP contribution in [0, 0.1) is 0 Å². The molecular weight excluding hydrogens is 232 g/mol. The molecule has 0 aliphatic heterocycles. The van der Waals surface area contributed by atoms with Gasteiger partial charge in [0.1, 0.15) is 5.82 Å². The second kappa shape index (κ2) is 5.63. The van der Waals surface area contributed by atoms with Crippen molar-refractivity contribution in [3.63, 3.8) is 0 Å². The highest BCUT2D eigenvalue weighted by molar-refractivity contribution is 7.07. The fraction of sp³-hybridized carbons (Fsp3) is 0.333. The third kappa shape index (κ3) is 3.17. The number of rotatable bonds is 5. The van der Waals surface area contributed by atoms with Crippen LogP contribution in [0.4, 0.5) is 11.8 Å². The minimum absolute atomic E-state index is 0.683. The van der Waals surface area contributed by atoms with E-state index in [9.17, 15) is 0 Å². The lowest BCUT2D eigenvalue weighted by Gasteiger charge is -2.17. The van der Waals surface area contributed by atoms with Crippen LogP contribution in [0.25, 0.3) is 0 Å². The molecule has 0 fully saturated rings. The summed E-state index contributed by atoms with van der Waals surface area (Å²) < 4.78 is 0. The van der Waals surface area contributed by atoms with E-state index in [-0.39, 0.29) is 0 Å². The van der Waals surface area contributed by atoms with Gasteiger partial charge in [0.2, 0.25) is 5.95 Å². The minimum Gasteiger partial charge on any atom is -0.355 e. The Morgan fingerprint density at radius 1 is 1.41 bits per heavy atom. The van der Waals surface area contributed by atoms with Crippen LogP contribution in [0.5, 0.6) is 0 Å². The Bertz CT molecular complexity index is 455. The van der Waals surface area contributed by atoms with Crippen LogP contribution in [0.1, 0.15) is 12.5 Å². The average Bonchev–Trinajstić information content (AvgIpc) is 2.83. The van der Waals surface area contributed by atoms with Crippen LogP contribution in [-0.2, 0) is 6.54 Å². The van der Waals surface area contributed by atoms with E-state index in [0.717, 1.165) is 18.9 Å². The molecule has 1 N–H and O–H groups in total. The number of anilines is 2. The summed E-state index contributed by atoms with van der Waals surface area (Å²) >= 11 is 1.72. The first kappa shape index (κ1) is 11.9. The lowest BCUT2D eigenvalue weighted by atomic mass is 10.3. The monoisotopic (exact) mass is 248 g/mol. The summed E-state index contributed by atoms with van der Waals surface area (Å²) in [5.41, 5.74) is 1.31. The molecule has 4 nitrogen and oxygen atoms in total. The molecule has 0 saturated carbocycles. The molecule has 2 aromatic rings. The van der Waals surface area contributed by atoms with Crippen molar-refractivity contribution >= 4 is 23.1 Å². The quantitative estimate of drug-likeness (QED) is 0.883. The number of hydrogen-bond donors (Lipinski definition) is 1. The first-order valence-electron chi connectivity index (χ1n) is 5.58. The summed E-state index contributed by atoms with van der Waals surface area (Å²) in [5.74, 6) is 1.62. The Labute approximate surface area is 105 Å². The number of aromatic nitrogens is 2. The molecule has 17 heavy (non-hydrogen) atoms. The highest BCUT2D eigenvalue weighted by Crippen LogP contribution is 2.15. The van der Waals surface area contributed by atoms with E-state index in [2.05, 4.69) is 37.0 Å². The van der Waals surface area contributed by atoms with Crippen molar-refractivity contribution in [2.24, 2.45) is 0 Å². The van der Waals surface area contributed by atoms with Gasteiger partial charge in [-0.05, 0) is 35.4 Å². The number of hydrogen-bond acceptors (Lipinski definition) is 5. The molecule has 0 aliphatic carbocycles. The van der Waals surface area contributed by atoms with Gasteiger partial charge in [0, 0.05) is 26.3 Å². The van der Waals surface area contributed by atoms with Crippen LogP contribution >= 0.6 is 11.3 Å². The van der Waals surface area contributed by atoms with E-state index in [1.807, 2.05) is 20.0 Å². The predicted molar refractivity (Wildman–Crippen MR) is 72.6 cm³/mol. The van der Waals surface area contributed by atoms with Gasteiger partial charge in [0.15, 0.2) is 0 Å². The van der Waals surface area contributed by atoms with E-state index >= 15 is 0 Å². The summed E-state index contributed by atoms with van der Waals surface area (Å²) in [6.07, 6.45) is 1.78. The largest absolute Gasteiger partial charge is 0.355 e. The SMILES string of the molecule is CCNc1nccc(N(C)Cc2ccsc2)n1. The topological polar surface area (TPSA) is 41.1 Å². The standard InChI is InChI=1S/C12H16N4S/c1-3-13-12-14-6-4-11(15-12)16(2)8-10-5-7-17-9-10/h4-7,9H,3,8H2,1-2H3,(H,13,14,15). The van der Waals surface area contributed by atoms with Crippen LogP contribution in [0.2, 0.25) is 0 Å². The van der Waals surface area contributed by atoms with Crippen LogP contribution in [-0.4, -0.2) is 23.6 Å². The molecule has 0 aromatic carbocycles. The zero-order valence-electron chi connectivity index (χ0n) is 10.1. The molecule has 5 heteroatoms. The maximum atomic E-state index is 4.45. The van der Waals surface area contributed by atoms with Gasteiger partial charge in [-0.15, -0.1) is 0 Å². The predicted octanol–water partition coefficient (Wildman–Crippen LogP) is 2.61. The zero-order chi connectivity index (χ0) is 12.1. The average molecular weight is 248 g/mol. The van der Waals surface area contributed by atoms with Crippen molar-refractivity contribution < 1.29 is 0 Å². The van der Waals surface area contributed by atoms with Gasteiger partial charge in [0.05, 0.1) is 0 Å². The summed E-state index contributed by atoms with van der Waals surface area (Å²) in [7, 11) is 2.04. The molecule has 0 saturated heterocycles. The summed E-state index contributed by atoms with van der Waals surface area (Å²) in [4.78, 5) is 10.7. The Hall–Kier alpha value is -1.62. The van der Waals surface area contributed by atoms with Crippen LogP contribution < -0.4 is 10.2 Å². The number of nitrogens with one attached hydrogen (secondary N) is 1. The minimum atomic E-state index is 0.683. The second-order valence-corrected chi connectivity index (χ2v) is 4.54. The summed E-state index contributed by atoms with van der Waals surface area (Å²) in [6.45, 7) is 3.73. The maximum Gasteiger partial charge on any atom is 0.224 e. The summed E-state index contributed by atoms with van der Waals surface area (Å²) in [5, 5.41) is 7.36. The van der Waals surface area contributed by atoms with Crippen molar-refractivity contribution in [3.05, 3.63) is 34.7 Å². The molecule has 90 valence electrons. The molecule has 0 unspecified atom stereocenters. The molecule has 0 bridgehead atoms. The fourth-order valence-electron chi connectivity index (χ4n) is 1.54. The van der Waals surface area contributed by atoms with E-state index in [0.29, 0.717) is 5.95 Å². The third-order valence-electron chi connectivity index (χ3n) is 2.37. The van der Waals surface area contributed by atoms with Gasteiger partial charge in [0.25, 0.3) is 0 Å². The molecule has 0 amide bonds. The van der Waals surface area contributed by atoms with Crippen molar-refractivity contribution in [2.45, 2.75) is 13.5 Å². The van der Waals surface area contributed by atoms with Crippen molar-refractivity contribution in [3.8, 4) is 0 Å². The number of nitrogens with zero attached hydrogens (tertiary/aromatic N) is 3. The number of thiophene rings is 1. The van der Waals surface area contributed by atoms with Crippen molar-refractivity contribution in [1.29, 1.82) is 0 Å². The molecule has 0 aliphatic rings. The normalized spacial score (nSPS) is 10.2. The van der Waals surface area contributed by atoms with Gasteiger partial charge in [-0.3, -0.25) is 0 Å². The smallest absolute Gasteiger partial charge is 0.224 e. The first-order valence-corrected chi connectivity index (χ1v) is 6.53. The van der Waals surface area contributed by atoms with Crippen LogP contribution in [0.3, 0.4) is 0 Å². The summed E-state index contributed by atoms with van der Waals surface area (Å²) in [6, 6.07) is 4.06. The Morgan fingerprint density at radius 3 is 3.00 bits per heavy atom. The van der Waals surface area contributed by atoms with E-state index in [1.54, 1.807) is 17.5 Å². The van der Waals surface area contributed by atoms with Crippen LogP contribution in [0.15, 0.2) is 29.1 Å². The molecule has 0 radical (unpaired) electrons. The Morgan fingerprint density at radius 2 is 2.29 bits per heavy atom. The Kier molecular flexibility index (Phi) is 3.93. The van der Waals surface area contributed by atoms with Gasteiger partial charge < -0.3 is 10.2 Å². The zero-order valence-corrected chi connectivity index (χ0v) is 10.9. The second-order valence-electron chi connectivity index (χ2n) is 3.76.